The lowest BCUT2D eigenvalue weighted by Gasteiger charge is -2.67. The van der Waals surface area contributed by atoms with Crippen LogP contribution in [0.3, 0.4) is 0 Å². The summed E-state index contributed by atoms with van der Waals surface area (Å²) in [5.41, 5.74) is -4.94. The van der Waals surface area contributed by atoms with Gasteiger partial charge in [0.15, 0.2) is 11.9 Å². The number of rotatable bonds is 6. The van der Waals surface area contributed by atoms with E-state index in [1.165, 1.54) is 6.92 Å². The average molecular weight is 664 g/mol. The Morgan fingerprint density at radius 1 is 1.00 bits per heavy atom. The van der Waals surface area contributed by atoms with Gasteiger partial charge in [-0.05, 0) is 48.6 Å². The van der Waals surface area contributed by atoms with Crippen LogP contribution in [0.2, 0.25) is 0 Å². The molecule has 6 rings (SSSR count). The largest absolute Gasteiger partial charge is 0.456 e. The summed E-state index contributed by atoms with van der Waals surface area (Å²) in [4.78, 5) is 41.2. The summed E-state index contributed by atoms with van der Waals surface area (Å²) in [7, 11) is 0. The number of carbonyl (C=O) groups excluding carboxylic acids is 3. The second-order valence-electron chi connectivity index (χ2n) is 14.8. The van der Waals surface area contributed by atoms with Crippen LogP contribution in [-0.4, -0.2) is 91.5 Å². The van der Waals surface area contributed by atoms with E-state index in [2.05, 4.69) is 5.32 Å². The minimum absolute atomic E-state index is 0.00392. The number of aliphatic hydroxyl groups is 5. The van der Waals surface area contributed by atoms with E-state index in [-0.39, 0.29) is 25.0 Å². The monoisotopic (exact) mass is 663 g/mol. The third kappa shape index (κ3) is 4.89. The Kier molecular flexibility index (Phi) is 8.50. The number of nitrogens with one attached hydrogen (secondary N) is 1. The van der Waals surface area contributed by atoms with Crippen molar-refractivity contribution < 1.29 is 49.4 Å². The van der Waals surface area contributed by atoms with Gasteiger partial charge in [-0.25, -0.2) is 4.79 Å². The van der Waals surface area contributed by atoms with Gasteiger partial charge in [-0.3, -0.25) is 9.59 Å². The number of benzene rings is 2. The Labute approximate surface area is 279 Å². The van der Waals surface area contributed by atoms with E-state index in [4.69, 9.17) is 9.47 Å². The summed E-state index contributed by atoms with van der Waals surface area (Å²) in [5, 5.41) is 62.0. The standard InChI is InChI=1S/C37H45NO10/c1-19-23(48-33(44)29(41)27(21-12-8-6-9-13-21)38-32(43)22-14-10-7-11-15-22)17-37(46)20(2)30-35(5,24(39)16-25-36(30,45)18-47-25)31(42)28(40)26(19)34(37,3)4/h6-15,20,23-25,27-30,39-41,45-46H,16-18H2,1-5H3,(H,38,43)/t20?,23-,24-,25+,27-,28+,29+,30?,35+,36-,37+/m0/s1. The number of hydrogen-bond donors (Lipinski definition) is 6. The van der Waals surface area contributed by atoms with E-state index < -0.39 is 88.1 Å². The summed E-state index contributed by atoms with van der Waals surface area (Å²) in [5.74, 6) is -4.18. The fourth-order valence-electron chi connectivity index (χ4n) is 9.28. The molecular weight excluding hydrogens is 618 g/mol. The first-order valence-electron chi connectivity index (χ1n) is 16.5. The zero-order chi connectivity index (χ0) is 35.0. The number of aliphatic hydroxyl groups excluding tert-OH is 3. The number of ketones is 1. The SMILES string of the molecule is CC1=C2[C@@H](O)C(=O)[C@@]3(C)C(C(C)[C@](O)(C[C@@H]1OC(=O)[C@H](O)[C@@H](NC(=O)c1ccccc1)c1ccccc1)C2(C)C)[C@]1(O)CO[C@@H]1C[C@@H]3O. The molecule has 3 aliphatic carbocycles. The Morgan fingerprint density at radius 3 is 2.19 bits per heavy atom. The zero-order valence-electron chi connectivity index (χ0n) is 27.8. The highest BCUT2D eigenvalue weighted by molar-refractivity contribution is 5.95. The molecule has 2 saturated carbocycles. The fourth-order valence-corrected chi connectivity index (χ4v) is 9.28. The molecule has 0 radical (unpaired) electrons. The number of ether oxygens (including phenoxy) is 2. The molecule has 11 nitrogen and oxygen atoms in total. The molecule has 4 aliphatic rings. The molecule has 48 heavy (non-hydrogen) atoms. The lowest BCUT2D eigenvalue weighted by atomic mass is 9.43. The molecule has 0 aromatic heterocycles. The topological polar surface area (TPSA) is 183 Å². The molecule has 6 N–H and O–H groups in total. The molecule has 11 heteroatoms. The first-order chi connectivity index (χ1) is 22.5. The number of hydrogen-bond acceptors (Lipinski definition) is 10. The van der Waals surface area contributed by atoms with E-state index in [1.54, 1.807) is 88.4 Å². The van der Waals surface area contributed by atoms with Gasteiger partial charge in [-0.15, -0.1) is 0 Å². The Balaban J connectivity index is 1.37. The highest BCUT2D eigenvalue weighted by Crippen LogP contribution is 2.64. The molecule has 2 unspecified atom stereocenters. The molecule has 1 aliphatic heterocycles. The van der Waals surface area contributed by atoms with Crippen molar-refractivity contribution in [1.82, 2.24) is 5.32 Å². The molecule has 258 valence electrons. The molecular formula is C37H45NO10. The minimum Gasteiger partial charge on any atom is -0.456 e. The maximum atomic E-state index is 14.3. The fraction of sp³-hybridized carbons (Fsp3) is 0.541. The van der Waals surface area contributed by atoms with Crippen LogP contribution in [0.5, 0.6) is 0 Å². The van der Waals surface area contributed by atoms with E-state index in [1.807, 2.05) is 0 Å². The van der Waals surface area contributed by atoms with Crippen molar-refractivity contribution in [2.24, 2.45) is 22.7 Å². The van der Waals surface area contributed by atoms with Crippen LogP contribution in [-0.2, 0) is 19.1 Å². The second-order valence-corrected chi connectivity index (χ2v) is 14.8. The zero-order valence-corrected chi connectivity index (χ0v) is 27.8. The molecule has 11 atom stereocenters. The van der Waals surface area contributed by atoms with Crippen molar-refractivity contribution in [3.63, 3.8) is 0 Å². The van der Waals surface area contributed by atoms with Crippen LogP contribution in [0.1, 0.15) is 69.4 Å². The molecule has 2 aromatic rings. The van der Waals surface area contributed by atoms with Gasteiger partial charge < -0.3 is 40.3 Å². The number of carbonyl (C=O) groups is 3. The van der Waals surface area contributed by atoms with E-state index in [0.717, 1.165) is 0 Å². The first kappa shape index (κ1) is 34.4. The van der Waals surface area contributed by atoms with Gasteiger partial charge in [0.1, 0.15) is 17.8 Å². The summed E-state index contributed by atoms with van der Waals surface area (Å²) in [6.45, 7) is 8.16. The van der Waals surface area contributed by atoms with Gasteiger partial charge in [0, 0.05) is 29.7 Å². The van der Waals surface area contributed by atoms with Gasteiger partial charge in [0.05, 0.1) is 35.9 Å². The minimum atomic E-state index is -1.87. The Bertz CT molecular complexity index is 1630. The van der Waals surface area contributed by atoms with E-state index in [0.29, 0.717) is 16.7 Å². The van der Waals surface area contributed by atoms with Crippen molar-refractivity contribution in [2.75, 3.05) is 6.61 Å². The third-order valence-corrected chi connectivity index (χ3v) is 12.2. The summed E-state index contributed by atoms with van der Waals surface area (Å²) in [6, 6.07) is 15.6. The summed E-state index contributed by atoms with van der Waals surface area (Å²) in [6.07, 6.45) is -7.06. The van der Waals surface area contributed by atoms with Crippen LogP contribution in [0.25, 0.3) is 0 Å². The smallest absolute Gasteiger partial charge is 0.338 e. The average Bonchev–Trinajstić information content (AvgIpc) is 3.06. The van der Waals surface area contributed by atoms with Crippen molar-refractivity contribution in [3.05, 3.63) is 82.9 Å². The molecule has 2 bridgehead atoms. The van der Waals surface area contributed by atoms with Crippen molar-refractivity contribution >= 4 is 17.7 Å². The van der Waals surface area contributed by atoms with Crippen LogP contribution in [0.4, 0.5) is 0 Å². The van der Waals surface area contributed by atoms with Gasteiger partial charge in [0.2, 0.25) is 0 Å². The third-order valence-electron chi connectivity index (χ3n) is 12.2. The molecule has 0 spiro atoms. The summed E-state index contributed by atoms with van der Waals surface area (Å²) >= 11 is 0. The predicted octanol–water partition coefficient (Wildman–Crippen LogP) is 2.00. The highest BCUT2D eigenvalue weighted by atomic mass is 16.6. The van der Waals surface area contributed by atoms with E-state index >= 15 is 0 Å². The van der Waals surface area contributed by atoms with Crippen molar-refractivity contribution in [1.29, 1.82) is 0 Å². The maximum Gasteiger partial charge on any atom is 0.338 e. The Morgan fingerprint density at radius 2 is 1.60 bits per heavy atom. The predicted molar refractivity (Wildman–Crippen MR) is 172 cm³/mol. The summed E-state index contributed by atoms with van der Waals surface area (Å²) < 4.78 is 11.5. The molecule has 3 fully saturated rings. The number of fused-ring (bicyclic) bond motifs is 5. The second kappa shape index (κ2) is 11.9. The lowest BCUT2D eigenvalue weighted by Crippen LogP contribution is -2.78. The maximum absolute atomic E-state index is 14.3. The van der Waals surface area contributed by atoms with Gasteiger partial charge >= 0.3 is 5.97 Å². The number of esters is 1. The van der Waals surface area contributed by atoms with Gasteiger partial charge in [-0.2, -0.15) is 0 Å². The van der Waals surface area contributed by atoms with Crippen LogP contribution in [0, 0.1) is 22.7 Å². The molecule has 1 heterocycles. The van der Waals surface area contributed by atoms with Crippen LogP contribution >= 0.6 is 0 Å². The molecule has 1 saturated heterocycles. The normalized spacial score (nSPS) is 38.2. The Hall–Kier alpha value is -3.45. The van der Waals surface area contributed by atoms with Crippen LogP contribution in [0.15, 0.2) is 71.8 Å². The van der Waals surface area contributed by atoms with Crippen molar-refractivity contribution in [3.8, 4) is 0 Å². The quantitative estimate of drug-likeness (QED) is 0.198. The van der Waals surface area contributed by atoms with Gasteiger partial charge in [-0.1, -0.05) is 69.3 Å². The highest BCUT2D eigenvalue weighted by Gasteiger charge is 2.74. The van der Waals surface area contributed by atoms with Crippen LogP contribution < -0.4 is 5.32 Å². The number of amides is 1. The molecule has 2 aromatic carbocycles. The van der Waals surface area contributed by atoms with Crippen molar-refractivity contribution in [2.45, 2.75) is 95.2 Å². The first-order valence-corrected chi connectivity index (χ1v) is 16.5. The van der Waals surface area contributed by atoms with E-state index in [9.17, 15) is 39.9 Å². The lowest BCUT2D eigenvalue weighted by molar-refractivity contribution is -0.335. The van der Waals surface area contributed by atoms with Gasteiger partial charge in [0.25, 0.3) is 5.91 Å². The number of Topliss-reactive ketones (excluding diaryl/α,β-unsaturated/α-hetero) is 1. The molecule has 1 amide bonds.